The van der Waals surface area contributed by atoms with Gasteiger partial charge in [0.25, 0.3) is 0 Å². The van der Waals surface area contributed by atoms with E-state index in [0.717, 1.165) is 0 Å². The first-order chi connectivity index (χ1) is 16.1. The quantitative estimate of drug-likeness (QED) is 0.121. The summed E-state index contributed by atoms with van der Waals surface area (Å²) < 4.78 is 0. The van der Waals surface area contributed by atoms with Gasteiger partial charge in [-0.3, -0.25) is 14.4 Å². The molecule has 10 N–H and O–H groups in total. The molecule has 0 radical (unpaired) electrons. The molecule has 0 saturated carbocycles. The van der Waals surface area contributed by atoms with Gasteiger partial charge in [-0.05, 0) is 31.7 Å². The zero-order valence-corrected chi connectivity index (χ0v) is 19.6. The van der Waals surface area contributed by atoms with Crippen LogP contribution in [0.2, 0.25) is 0 Å². The molecule has 13 nitrogen and oxygen atoms in total. The number of nitrogens with one attached hydrogen (secondary N) is 4. The number of carbonyl (C=O) groups excluding carboxylic acids is 3. The van der Waals surface area contributed by atoms with Crippen LogP contribution in [0.15, 0.2) is 12.5 Å². The highest BCUT2D eigenvalue weighted by Crippen LogP contribution is 2.07. The van der Waals surface area contributed by atoms with Crippen molar-refractivity contribution in [2.75, 3.05) is 13.2 Å². The van der Waals surface area contributed by atoms with Crippen molar-refractivity contribution in [2.24, 2.45) is 17.4 Å². The number of nitrogens with two attached hydrogens (primary N) is 2. The molecule has 192 valence electrons. The second kappa shape index (κ2) is 15.0. The number of unbranched alkanes of at least 4 members (excludes halogenated alkanes) is 1. The van der Waals surface area contributed by atoms with Gasteiger partial charge >= 0.3 is 5.97 Å². The number of amides is 3. The normalized spacial score (nSPS) is 14.6. The number of aromatic amines is 1. The molecule has 13 heteroatoms. The van der Waals surface area contributed by atoms with Crippen LogP contribution in [0, 0.1) is 5.92 Å². The summed E-state index contributed by atoms with van der Waals surface area (Å²) in [4.78, 5) is 56.2. The van der Waals surface area contributed by atoms with E-state index in [9.17, 15) is 29.4 Å². The van der Waals surface area contributed by atoms with E-state index < -0.39 is 54.5 Å². The Morgan fingerprint density at radius 2 is 1.65 bits per heavy atom. The number of hydrogen-bond donors (Lipinski definition) is 8. The minimum Gasteiger partial charge on any atom is -0.480 e. The highest BCUT2D eigenvalue weighted by Gasteiger charge is 2.30. The van der Waals surface area contributed by atoms with E-state index in [1.54, 1.807) is 0 Å². The lowest BCUT2D eigenvalue weighted by molar-refractivity contribution is -0.142. The van der Waals surface area contributed by atoms with E-state index in [1.165, 1.54) is 12.5 Å². The van der Waals surface area contributed by atoms with Gasteiger partial charge in [-0.1, -0.05) is 20.3 Å². The molecule has 1 aromatic heterocycles. The SMILES string of the molecule is CC(C)CC(NC(=O)C(Cc1cnc[nH]1)NC(=O)C(CO)NC(=O)C(N)CCCCN)C(=O)O. The van der Waals surface area contributed by atoms with Gasteiger partial charge in [-0.25, -0.2) is 9.78 Å². The topological polar surface area (TPSA) is 226 Å². The van der Waals surface area contributed by atoms with Gasteiger partial charge in [0, 0.05) is 18.3 Å². The van der Waals surface area contributed by atoms with Crippen LogP contribution < -0.4 is 27.4 Å². The van der Waals surface area contributed by atoms with Crippen molar-refractivity contribution in [3.63, 3.8) is 0 Å². The Bertz CT molecular complexity index is 787. The smallest absolute Gasteiger partial charge is 0.326 e. The minimum atomic E-state index is -1.35. The fraction of sp³-hybridized carbons (Fsp3) is 0.667. The first kappa shape index (κ1) is 29.0. The van der Waals surface area contributed by atoms with Crippen LogP contribution in [0.5, 0.6) is 0 Å². The lowest BCUT2D eigenvalue weighted by Crippen LogP contribution is -2.58. The highest BCUT2D eigenvalue weighted by molar-refractivity contribution is 5.94. The van der Waals surface area contributed by atoms with E-state index in [1.807, 2.05) is 13.8 Å². The van der Waals surface area contributed by atoms with E-state index in [-0.39, 0.29) is 18.8 Å². The summed E-state index contributed by atoms with van der Waals surface area (Å²) in [7, 11) is 0. The van der Waals surface area contributed by atoms with Gasteiger partial charge in [0.1, 0.15) is 18.1 Å². The number of aliphatic hydroxyl groups is 1. The maximum Gasteiger partial charge on any atom is 0.326 e. The number of H-pyrrole nitrogens is 1. The number of aromatic nitrogens is 2. The predicted molar refractivity (Wildman–Crippen MR) is 123 cm³/mol. The largest absolute Gasteiger partial charge is 0.480 e. The zero-order valence-electron chi connectivity index (χ0n) is 19.6. The number of nitrogens with zero attached hydrogens (tertiary/aromatic N) is 1. The molecule has 0 saturated heterocycles. The van der Waals surface area contributed by atoms with E-state index in [2.05, 4.69) is 25.9 Å². The van der Waals surface area contributed by atoms with E-state index >= 15 is 0 Å². The van der Waals surface area contributed by atoms with Crippen molar-refractivity contribution >= 4 is 23.7 Å². The third-order valence-electron chi connectivity index (χ3n) is 5.06. The number of carboxylic acid groups (broad SMARTS) is 1. The summed E-state index contributed by atoms with van der Waals surface area (Å²) in [5.74, 6) is -3.36. The number of hydrogen-bond acceptors (Lipinski definition) is 8. The standard InChI is InChI=1S/C21H37N7O6/c1-12(2)7-16(21(33)34)27-19(31)15(8-13-9-24-11-25-13)26-20(32)17(10-29)28-18(30)14(23)5-3-4-6-22/h9,11-12,14-17,29H,3-8,10,22-23H2,1-2H3,(H,24,25)(H,26,32)(H,27,31)(H,28,30)(H,33,34). The summed E-state index contributed by atoms with van der Waals surface area (Å²) in [6.45, 7) is 3.38. The molecule has 4 atom stereocenters. The fourth-order valence-corrected chi connectivity index (χ4v) is 3.18. The molecule has 4 unspecified atom stereocenters. The third kappa shape index (κ3) is 10.3. The Kier molecular flexibility index (Phi) is 12.8. The molecule has 34 heavy (non-hydrogen) atoms. The summed E-state index contributed by atoms with van der Waals surface area (Å²) in [6, 6.07) is -4.57. The van der Waals surface area contributed by atoms with Crippen LogP contribution >= 0.6 is 0 Å². The van der Waals surface area contributed by atoms with Crippen LogP contribution in [0.1, 0.15) is 45.2 Å². The molecule has 1 aromatic rings. The van der Waals surface area contributed by atoms with Crippen molar-refractivity contribution < 1.29 is 29.4 Å². The van der Waals surface area contributed by atoms with Crippen molar-refractivity contribution in [1.29, 1.82) is 0 Å². The summed E-state index contributed by atoms with van der Waals surface area (Å²) in [6.07, 6.45) is 4.73. The van der Waals surface area contributed by atoms with Crippen LogP contribution in [0.3, 0.4) is 0 Å². The Labute approximate surface area is 198 Å². The monoisotopic (exact) mass is 483 g/mol. The van der Waals surface area contributed by atoms with Crippen molar-refractivity contribution in [2.45, 2.75) is 70.1 Å². The van der Waals surface area contributed by atoms with Crippen molar-refractivity contribution in [1.82, 2.24) is 25.9 Å². The van der Waals surface area contributed by atoms with E-state index in [4.69, 9.17) is 11.5 Å². The molecule has 0 aromatic carbocycles. The molecule has 0 bridgehead atoms. The Morgan fingerprint density at radius 1 is 1.03 bits per heavy atom. The first-order valence-corrected chi connectivity index (χ1v) is 11.3. The number of carboxylic acids is 1. The fourth-order valence-electron chi connectivity index (χ4n) is 3.18. The van der Waals surface area contributed by atoms with Crippen LogP contribution in [0.25, 0.3) is 0 Å². The number of imidazole rings is 1. The molecule has 0 aliphatic carbocycles. The molecule has 0 aliphatic rings. The molecule has 0 fully saturated rings. The predicted octanol–water partition coefficient (Wildman–Crippen LogP) is -2.01. The summed E-state index contributed by atoms with van der Waals surface area (Å²) in [5.41, 5.74) is 11.8. The van der Waals surface area contributed by atoms with E-state index in [0.29, 0.717) is 31.5 Å². The van der Waals surface area contributed by atoms with Gasteiger partial charge in [-0.15, -0.1) is 0 Å². The van der Waals surface area contributed by atoms with Crippen molar-refractivity contribution in [3.05, 3.63) is 18.2 Å². The molecular weight excluding hydrogens is 446 g/mol. The van der Waals surface area contributed by atoms with Gasteiger partial charge in [0.15, 0.2) is 0 Å². The second-order valence-electron chi connectivity index (χ2n) is 8.51. The Morgan fingerprint density at radius 3 is 2.18 bits per heavy atom. The number of rotatable bonds is 16. The van der Waals surface area contributed by atoms with Crippen LogP contribution in [-0.4, -0.2) is 81.2 Å². The average Bonchev–Trinajstić information content (AvgIpc) is 3.29. The second-order valence-corrected chi connectivity index (χ2v) is 8.51. The molecule has 3 amide bonds. The number of carbonyl (C=O) groups is 4. The lowest BCUT2D eigenvalue weighted by atomic mass is 10.0. The van der Waals surface area contributed by atoms with Gasteiger partial charge in [0.2, 0.25) is 17.7 Å². The first-order valence-electron chi connectivity index (χ1n) is 11.3. The number of aliphatic hydroxyl groups excluding tert-OH is 1. The molecular formula is C21H37N7O6. The van der Waals surface area contributed by atoms with Gasteiger partial charge in [-0.2, -0.15) is 0 Å². The third-order valence-corrected chi connectivity index (χ3v) is 5.06. The minimum absolute atomic E-state index is 0.00471. The van der Waals surface area contributed by atoms with Crippen LogP contribution in [0.4, 0.5) is 0 Å². The summed E-state index contributed by atoms with van der Waals surface area (Å²) in [5, 5.41) is 26.4. The van der Waals surface area contributed by atoms with Crippen LogP contribution in [-0.2, 0) is 25.6 Å². The number of aliphatic carboxylic acids is 1. The molecule has 1 rings (SSSR count). The highest BCUT2D eigenvalue weighted by atomic mass is 16.4. The van der Waals surface area contributed by atoms with Gasteiger partial charge < -0.3 is 42.6 Å². The lowest BCUT2D eigenvalue weighted by Gasteiger charge is -2.24. The Hall–Kier alpha value is -3.03. The molecule has 0 aliphatic heterocycles. The molecule has 0 spiro atoms. The maximum atomic E-state index is 12.9. The Balaban J connectivity index is 2.89. The maximum absolute atomic E-state index is 12.9. The average molecular weight is 484 g/mol. The molecule has 1 heterocycles. The zero-order chi connectivity index (χ0) is 25.7. The van der Waals surface area contributed by atoms with Crippen molar-refractivity contribution in [3.8, 4) is 0 Å². The van der Waals surface area contributed by atoms with Gasteiger partial charge in [0.05, 0.1) is 19.0 Å². The summed E-state index contributed by atoms with van der Waals surface area (Å²) >= 11 is 0.